The minimum atomic E-state index is -0.107. The van der Waals surface area contributed by atoms with Crippen molar-refractivity contribution in [2.24, 2.45) is 0 Å². The van der Waals surface area contributed by atoms with E-state index in [1.54, 1.807) is 6.20 Å². The lowest BCUT2D eigenvalue weighted by molar-refractivity contribution is 0.0833. The van der Waals surface area contributed by atoms with E-state index < -0.39 is 0 Å². The molecular formula is C28H34N8O. The highest BCUT2D eigenvalue weighted by atomic mass is 16.2. The van der Waals surface area contributed by atoms with E-state index in [0.29, 0.717) is 30.0 Å². The van der Waals surface area contributed by atoms with Crippen LogP contribution in [0.25, 0.3) is 11.0 Å². The molecule has 0 bridgehead atoms. The number of hydrogen-bond acceptors (Lipinski definition) is 7. The maximum Gasteiger partial charge on any atom is 0.268 e. The van der Waals surface area contributed by atoms with Crippen LogP contribution >= 0.6 is 0 Å². The summed E-state index contributed by atoms with van der Waals surface area (Å²) >= 11 is 0. The van der Waals surface area contributed by atoms with Crippen LogP contribution in [0, 0.1) is 12.3 Å². The number of carbonyl (C=O) groups is 1. The fourth-order valence-electron chi connectivity index (χ4n) is 6.28. The lowest BCUT2D eigenvalue weighted by Crippen LogP contribution is -2.55. The first kappa shape index (κ1) is 23.7. The SMILES string of the molecule is C#C[C@H]1CN(c2ccc(Nc3ncc4cc5n(c4n3)C3(CCCCC3)CNC5=O)nc2)CCN1C(C)C. The molecule has 1 saturated carbocycles. The summed E-state index contributed by atoms with van der Waals surface area (Å²) in [4.78, 5) is 31.4. The number of nitrogens with one attached hydrogen (secondary N) is 2. The van der Waals surface area contributed by atoms with Crippen molar-refractivity contribution >= 4 is 34.4 Å². The molecule has 2 fully saturated rings. The Balaban J connectivity index is 1.24. The standard InChI is InChI=1S/C28H34N8O/c1-4-21-17-34(12-13-35(21)19(2)3)22-8-9-24(29-16-22)32-27-30-15-20-14-23-26(37)31-18-28(10-6-5-7-11-28)36(23)25(20)33-27/h1,8-9,14-16,19,21H,5-7,10-13,17-18H2,2-3H3,(H,31,37)(H,29,30,32,33)/t21-/m0/s1. The van der Waals surface area contributed by atoms with Crippen LogP contribution in [0.3, 0.4) is 0 Å². The van der Waals surface area contributed by atoms with Crippen molar-refractivity contribution in [1.82, 2.24) is 29.7 Å². The van der Waals surface area contributed by atoms with Gasteiger partial charge in [-0.3, -0.25) is 9.69 Å². The van der Waals surface area contributed by atoms with Crippen LogP contribution in [0.15, 0.2) is 30.6 Å². The fourth-order valence-corrected chi connectivity index (χ4v) is 6.28. The Labute approximate surface area is 217 Å². The number of rotatable bonds is 4. The molecule has 0 radical (unpaired) electrons. The predicted molar refractivity (Wildman–Crippen MR) is 145 cm³/mol. The Morgan fingerprint density at radius 2 is 2.00 bits per heavy atom. The molecule has 3 aromatic rings. The molecule has 1 amide bonds. The summed E-state index contributed by atoms with van der Waals surface area (Å²) in [6.45, 7) is 7.67. The number of anilines is 3. The van der Waals surface area contributed by atoms with Gasteiger partial charge in [0.25, 0.3) is 5.91 Å². The first-order valence-electron chi connectivity index (χ1n) is 13.3. The van der Waals surface area contributed by atoms with Crippen LogP contribution in [-0.2, 0) is 5.54 Å². The number of nitrogens with zero attached hydrogens (tertiary/aromatic N) is 6. The average Bonchev–Trinajstić information content (AvgIpc) is 3.32. The zero-order valence-corrected chi connectivity index (χ0v) is 21.6. The number of amides is 1. The Kier molecular flexibility index (Phi) is 6.00. The summed E-state index contributed by atoms with van der Waals surface area (Å²) in [6.07, 6.45) is 15.2. The van der Waals surface area contributed by atoms with Gasteiger partial charge in [-0.1, -0.05) is 25.2 Å². The lowest BCUT2D eigenvalue weighted by atomic mass is 9.80. The minimum Gasteiger partial charge on any atom is -0.366 e. The zero-order chi connectivity index (χ0) is 25.6. The molecule has 1 saturated heterocycles. The van der Waals surface area contributed by atoms with Gasteiger partial charge in [0.05, 0.1) is 23.5 Å². The van der Waals surface area contributed by atoms with Gasteiger partial charge in [-0.2, -0.15) is 4.98 Å². The van der Waals surface area contributed by atoms with E-state index >= 15 is 0 Å². The van der Waals surface area contributed by atoms with Crippen LogP contribution < -0.4 is 15.5 Å². The smallest absolute Gasteiger partial charge is 0.268 e. The van der Waals surface area contributed by atoms with E-state index in [2.05, 4.69) is 60.8 Å². The first-order chi connectivity index (χ1) is 18.0. The fraction of sp³-hybridized carbons (Fsp3) is 0.500. The van der Waals surface area contributed by atoms with Gasteiger partial charge in [0.2, 0.25) is 5.95 Å². The van der Waals surface area contributed by atoms with Crippen molar-refractivity contribution < 1.29 is 4.79 Å². The number of piperazine rings is 1. The summed E-state index contributed by atoms with van der Waals surface area (Å²) in [5.41, 5.74) is 2.44. The molecule has 3 aromatic heterocycles. The summed E-state index contributed by atoms with van der Waals surface area (Å²) in [6, 6.07) is 6.45. The van der Waals surface area contributed by atoms with Crippen molar-refractivity contribution in [1.29, 1.82) is 0 Å². The molecule has 37 heavy (non-hydrogen) atoms. The molecule has 5 heterocycles. The van der Waals surface area contributed by atoms with E-state index in [-0.39, 0.29) is 17.5 Å². The van der Waals surface area contributed by atoms with Crippen LogP contribution in [0.1, 0.15) is 56.4 Å². The highest BCUT2D eigenvalue weighted by molar-refractivity contribution is 5.99. The Bertz CT molecular complexity index is 1350. The molecule has 1 aliphatic carbocycles. The molecule has 9 heteroatoms. The van der Waals surface area contributed by atoms with Gasteiger partial charge < -0.3 is 20.1 Å². The molecule has 2 aliphatic heterocycles. The largest absolute Gasteiger partial charge is 0.366 e. The summed E-state index contributed by atoms with van der Waals surface area (Å²) < 4.78 is 2.18. The van der Waals surface area contributed by atoms with Gasteiger partial charge in [-0.25, -0.2) is 9.97 Å². The van der Waals surface area contributed by atoms with Gasteiger partial charge in [0, 0.05) is 43.8 Å². The molecule has 192 valence electrons. The highest BCUT2D eigenvalue weighted by Crippen LogP contribution is 2.40. The molecule has 0 unspecified atom stereocenters. The van der Waals surface area contributed by atoms with Gasteiger partial charge in [0.15, 0.2) is 0 Å². The van der Waals surface area contributed by atoms with E-state index in [9.17, 15) is 4.79 Å². The maximum atomic E-state index is 12.7. The second-order valence-corrected chi connectivity index (χ2v) is 10.8. The monoisotopic (exact) mass is 498 g/mol. The first-order valence-corrected chi connectivity index (χ1v) is 13.3. The zero-order valence-electron chi connectivity index (χ0n) is 21.6. The number of carbonyl (C=O) groups excluding carboxylic acids is 1. The Morgan fingerprint density at radius 1 is 1.16 bits per heavy atom. The number of hydrogen-bond donors (Lipinski definition) is 2. The number of terminal acetylenes is 1. The second-order valence-electron chi connectivity index (χ2n) is 10.8. The number of fused-ring (bicyclic) bond motifs is 4. The summed E-state index contributed by atoms with van der Waals surface area (Å²) in [7, 11) is 0. The molecular weight excluding hydrogens is 464 g/mol. The van der Waals surface area contributed by atoms with Gasteiger partial charge in [-0.05, 0) is 44.9 Å². The maximum absolute atomic E-state index is 12.7. The van der Waals surface area contributed by atoms with E-state index in [1.165, 1.54) is 6.42 Å². The topological polar surface area (TPSA) is 91.2 Å². The van der Waals surface area contributed by atoms with Gasteiger partial charge in [-0.15, -0.1) is 6.42 Å². The molecule has 9 nitrogen and oxygen atoms in total. The van der Waals surface area contributed by atoms with Crippen molar-refractivity contribution in [3.05, 3.63) is 36.3 Å². The van der Waals surface area contributed by atoms with Gasteiger partial charge >= 0.3 is 0 Å². The van der Waals surface area contributed by atoms with Crippen LogP contribution in [-0.4, -0.2) is 68.6 Å². The third kappa shape index (κ3) is 4.19. The minimum absolute atomic E-state index is 0.0396. The highest BCUT2D eigenvalue weighted by Gasteiger charge is 2.41. The van der Waals surface area contributed by atoms with Crippen LogP contribution in [0.5, 0.6) is 0 Å². The molecule has 2 N–H and O–H groups in total. The van der Waals surface area contributed by atoms with Crippen LogP contribution in [0.4, 0.5) is 17.5 Å². The third-order valence-corrected chi connectivity index (χ3v) is 8.24. The summed E-state index contributed by atoms with van der Waals surface area (Å²) in [5.74, 6) is 4.06. The average molecular weight is 499 g/mol. The molecule has 3 aliphatic rings. The molecule has 1 spiro atoms. The molecule has 0 aromatic carbocycles. The van der Waals surface area contributed by atoms with Crippen molar-refractivity contribution in [3.63, 3.8) is 0 Å². The molecule has 1 atom stereocenters. The van der Waals surface area contributed by atoms with Crippen LogP contribution in [0.2, 0.25) is 0 Å². The molecule has 6 rings (SSSR count). The van der Waals surface area contributed by atoms with Crippen molar-refractivity contribution in [2.75, 3.05) is 36.4 Å². The van der Waals surface area contributed by atoms with Crippen molar-refractivity contribution in [2.45, 2.75) is 63.6 Å². The quantitative estimate of drug-likeness (QED) is 0.532. The normalized spacial score (nSPS) is 21.6. The van der Waals surface area contributed by atoms with Crippen molar-refractivity contribution in [3.8, 4) is 12.3 Å². The third-order valence-electron chi connectivity index (χ3n) is 8.24. The number of pyridine rings is 1. The summed E-state index contributed by atoms with van der Waals surface area (Å²) in [5, 5.41) is 7.25. The van der Waals surface area contributed by atoms with E-state index in [0.717, 1.165) is 62.0 Å². The Morgan fingerprint density at radius 3 is 2.73 bits per heavy atom. The predicted octanol–water partition coefficient (Wildman–Crippen LogP) is 3.50. The Hall–Kier alpha value is -3.64. The lowest BCUT2D eigenvalue weighted by Gasteiger charge is -2.42. The van der Waals surface area contributed by atoms with Gasteiger partial charge in [0.1, 0.15) is 17.2 Å². The van der Waals surface area contributed by atoms with E-state index in [4.69, 9.17) is 11.4 Å². The number of aromatic nitrogens is 4. The second kappa shape index (κ2) is 9.34. The van der Waals surface area contributed by atoms with E-state index in [1.807, 2.05) is 18.3 Å².